The van der Waals surface area contributed by atoms with Gasteiger partial charge in [0, 0.05) is 42.0 Å². The number of nitrogens with one attached hydrogen (secondary N) is 1. The number of nitrogens with two attached hydrogens (primary N) is 1. The Hall–Kier alpha value is -4.15. The van der Waals surface area contributed by atoms with Crippen molar-refractivity contribution >= 4 is 5.69 Å². The molecule has 0 aliphatic heterocycles. The summed E-state index contributed by atoms with van der Waals surface area (Å²) in [4.78, 5) is 29.1. The molecule has 1 atom stereocenters. The van der Waals surface area contributed by atoms with Gasteiger partial charge in [-0.3, -0.25) is 0 Å². The second kappa shape index (κ2) is 11.5. The van der Waals surface area contributed by atoms with Gasteiger partial charge in [-0.25, -0.2) is 19.1 Å². The van der Waals surface area contributed by atoms with Crippen LogP contribution in [0.15, 0.2) is 62.6 Å². The average molecular weight is 546 g/mol. The molecule has 1 aliphatic rings. The largest absolute Gasteiger partial charge is 0.477 e. The molecule has 1 aliphatic carbocycles. The lowest BCUT2D eigenvalue weighted by molar-refractivity contribution is 0.144. The number of aliphatic hydroxyl groups is 1. The molecule has 10 heteroatoms. The van der Waals surface area contributed by atoms with Crippen LogP contribution >= 0.6 is 0 Å². The van der Waals surface area contributed by atoms with Crippen molar-refractivity contribution in [1.29, 1.82) is 0 Å². The first-order valence-electron chi connectivity index (χ1n) is 13.5. The van der Waals surface area contributed by atoms with E-state index in [0.717, 1.165) is 62.3 Å². The van der Waals surface area contributed by atoms with Crippen LogP contribution in [0.5, 0.6) is 5.88 Å². The van der Waals surface area contributed by atoms with E-state index in [0.29, 0.717) is 25.5 Å². The first-order chi connectivity index (χ1) is 19.2. The average Bonchev–Trinajstić information content (AvgIpc) is 3.69. The number of aromatic nitrogens is 3. The standard InChI is InChI=1S/C30H35N5O5/c1-18-15-27(39-14-13-26(31)36)33-20(3)28(18)25-6-4-5-22(19(25)2)16-32-23-9-7-21(8-10-23)17-34-29(37)35(24-11-12-24)30(38)40-34/h4-10,15,24,26,32,36H,11-14,16-17,31H2,1-3H3/t26-/m0/s1. The van der Waals surface area contributed by atoms with Gasteiger partial charge in [0.1, 0.15) is 6.23 Å². The zero-order valence-corrected chi connectivity index (χ0v) is 23.0. The SMILES string of the molecule is Cc1cc(OCC[C@@H](N)O)nc(C)c1-c1cccc(CNc2ccc(Cn3oc(=O)n(C4CC4)c3=O)cc2)c1C. The van der Waals surface area contributed by atoms with Gasteiger partial charge in [-0.2, -0.15) is 0 Å². The lowest BCUT2D eigenvalue weighted by Gasteiger charge is -2.17. The van der Waals surface area contributed by atoms with E-state index in [4.69, 9.17) is 15.0 Å². The smallest absolute Gasteiger partial charge is 0.442 e. The number of anilines is 1. The van der Waals surface area contributed by atoms with E-state index in [9.17, 15) is 14.7 Å². The molecule has 0 amide bonds. The summed E-state index contributed by atoms with van der Waals surface area (Å²) in [5.41, 5.74) is 13.2. The fourth-order valence-corrected chi connectivity index (χ4v) is 4.91. The highest BCUT2D eigenvalue weighted by Crippen LogP contribution is 2.33. The Morgan fingerprint density at radius 2 is 1.90 bits per heavy atom. The Balaban J connectivity index is 1.26. The van der Waals surface area contributed by atoms with Crippen molar-refractivity contribution in [1.82, 2.24) is 14.3 Å². The maximum Gasteiger partial charge on any atom is 0.442 e. The zero-order valence-electron chi connectivity index (χ0n) is 23.0. The van der Waals surface area contributed by atoms with E-state index in [1.807, 2.05) is 50.2 Å². The molecule has 2 aromatic carbocycles. The molecule has 5 rings (SSSR count). The molecular weight excluding hydrogens is 510 g/mol. The highest BCUT2D eigenvalue weighted by Gasteiger charge is 2.29. The summed E-state index contributed by atoms with van der Waals surface area (Å²) in [6, 6.07) is 15.9. The summed E-state index contributed by atoms with van der Waals surface area (Å²) < 4.78 is 13.2. The monoisotopic (exact) mass is 545 g/mol. The predicted molar refractivity (Wildman–Crippen MR) is 153 cm³/mol. The van der Waals surface area contributed by atoms with E-state index in [-0.39, 0.29) is 18.3 Å². The van der Waals surface area contributed by atoms with Crippen LogP contribution < -0.4 is 27.2 Å². The maximum atomic E-state index is 12.5. The Labute approximate surface area is 232 Å². The molecule has 2 aromatic heterocycles. The molecule has 0 spiro atoms. The van der Waals surface area contributed by atoms with Crippen LogP contribution in [0.25, 0.3) is 11.1 Å². The summed E-state index contributed by atoms with van der Waals surface area (Å²) in [5.74, 6) is -0.0668. The summed E-state index contributed by atoms with van der Waals surface area (Å²) in [6.45, 7) is 7.26. The molecule has 0 bridgehead atoms. The zero-order chi connectivity index (χ0) is 28.4. The number of hydrogen-bond acceptors (Lipinski definition) is 8. The lowest BCUT2D eigenvalue weighted by Crippen LogP contribution is -2.28. The molecule has 1 saturated carbocycles. The molecule has 4 N–H and O–H groups in total. The summed E-state index contributed by atoms with van der Waals surface area (Å²) in [6.07, 6.45) is 1.12. The van der Waals surface area contributed by atoms with Gasteiger partial charge in [-0.05, 0) is 73.6 Å². The van der Waals surface area contributed by atoms with Gasteiger partial charge in [0.05, 0.1) is 13.2 Å². The topological polar surface area (TPSA) is 138 Å². The van der Waals surface area contributed by atoms with Crippen molar-refractivity contribution in [2.24, 2.45) is 5.73 Å². The fraction of sp³-hybridized carbons (Fsp3) is 0.367. The van der Waals surface area contributed by atoms with Gasteiger partial charge in [0.2, 0.25) is 5.88 Å². The molecular formula is C30H35N5O5. The Kier molecular flexibility index (Phi) is 7.90. The van der Waals surface area contributed by atoms with Crippen LogP contribution in [0, 0.1) is 20.8 Å². The second-order valence-electron chi connectivity index (χ2n) is 10.4. The van der Waals surface area contributed by atoms with Gasteiger partial charge in [0.15, 0.2) is 0 Å². The highest BCUT2D eigenvalue weighted by atomic mass is 16.5. The van der Waals surface area contributed by atoms with Crippen molar-refractivity contribution in [3.8, 4) is 17.0 Å². The van der Waals surface area contributed by atoms with Gasteiger partial charge in [0.25, 0.3) is 0 Å². The predicted octanol–water partition coefficient (Wildman–Crippen LogP) is 3.63. The molecule has 2 heterocycles. The lowest BCUT2D eigenvalue weighted by atomic mass is 9.92. The molecule has 210 valence electrons. The van der Waals surface area contributed by atoms with E-state index in [2.05, 4.69) is 29.4 Å². The van der Waals surface area contributed by atoms with Crippen molar-refractivity contribution < 1.29 is 14.4 Å². The van der Waals surface area contributed by atoms with E-state index in [1.54, 1.807) is 0 Å². The number of pyridine rings is 1. The number of rotatable bonds is 11. The first-order valence-corrected chi connectivity index (χ1v) is 13.5. The van der Waals surface area contributed by atoms with Crippen LogP contribution in [-0.2, 0) is 13.1 Å². The molecule has 0 radical (unpaired) electrons. The van der Waals surface area contributed by atoms with E-state index in [1.165, 1.54) is 4.57 Å². The van der Waals surface area contributed by atoms with Crippen molar-refractivity contribution in [2.45, 2.75) is 65.4 Å². The molecule has 40 heavy (non-hydrogen) atoms. The number of aryl methyl sites for hydroxylation is 2. The van der Waals surface area contributed by atoms with Crippen LogP contribution in [0.2, 0.25) is 0 Å². The fourth-order valence-electron chi connectivity index (χ4n) is 4.91. The summed E-state index contributed by atoms with van der Waals surface area (Å²) in [7, 11) is 0. The number of benzene rings is 2. The minimum absolute atomic E-state index is 0.0154. The van der Waals surface area contributed by atoms with Crippen molar-refractivity contribution in [3.63, 3.8) is 0 Å². The normalized spacial score (nSPS) is 13.8. The van der Waals surface area contributed by atoms with Gasteiger partial charge in [-0.1, -0.05) is 30.3 Å². The summed E-state index contributed by atoms with van der Waals surface area (Å²) >= 11 is 0. The third-order valence-electron chi connectivity index (χ3n) is 7.23. The number of aliphatic hydroxyl groups excluding tert-OH is 1. The summed E-state index contributed by atoms with van der Waals surface area (Å²) in [5, 5.41) is 12.7. The highest BCUT2D eigenvalue weighted by molar-refractivity contribution is 5.74. The Morgan fingerprint density at radius 1 is 1.15 bits per heavy atom. The maximum absolute atomic E-state index is 12.5. The molecule has 0 unspecified atom stereocenters. The Bertz CT molecular complexity index is 1590. The van der Waals surface area contributed by atoms with Crippen LogP contribution in [-0.4, -0.2) is 32.2 Å². The van der Waals surface area contributed by atoms with Crippen molar-refractivity contribution in [2.75, 3.05) is 11.9 Å². The van der Waals surface area contributed by atoms with Gasteiger partial charge < -0.3 is 25.4 Å². The third kappa shape index (κ3) is 6.03. The van der Waals surface area contributed by atoms with Crippen LogP contribution in [0.1, 0.15) is 53.3 Å². The van der Waals surface area contributed by atoms with Gasteiger partial charge >= 0.3 is 11.4 Å². The first kappa shape index (κ1) is 27.4. The third-order valence-corrected chi connectivity index (χ3v) is 7.23. The minimum atomic E-state index is -0.904. The number of hydrogen-bond donors (Lipinski definition) is 3. The molecule has 0 saturated heterocycles. The number of ether oxygens (including phenoxy) is 1. The van der Waals surface area contributed by atoms with Crippen LogP contribution in [0.4, 0.5) is 5.69 Å². The molecule has 4 aromatic rings. The van der Waals surface area contributed by atoms with E-state index < -0.39 is 12.0 Å². The Morgan fingerprint density at radius 3 is 2.58 bits per heavy atom. The minimum Gasteiger partial charge on any atom is -0.477 e. The van der Waals surface area contributed by atoms with Crippen LogP contribution in [0.3, 0.4) is 0 Å². The second-order valence-corrected chi connectivity index (χ2v) is 10.4. The molecule has 10 nitrogen and oxygen atoms in total. The van der Waals surface area contributed by atoms with E-state index >= 15 is 0 Å². The quantitative estimate of drug-likeness (QED) is 0.243. The molecule has 1 fully saturated rings. The number of nitrogens with zero attached hydrogens (tertiary/aromatic N) is 3. The van der Waals surface area contributed by atoms with Gasteiger partial charge in [-0.15, -0.1) is 4.74 Å². The van der Waals surface area contributed by atoms with Crippen molar-refractivity contribution in [3.05, 3.63) is 97.5 Å².